The maximum absolute atomic E-state index is 11.5. The Balaban J connectivity index is 2.75. The number of hydrogen-bond donors (Lipinski definition) is 1. The molecule has 0 radical (unpaired) electrons. The van der Waals surface area contributed by atoms with Crippen LogP contribution in [0, 0.1) is 13.8 Å². The van der Waals surface area contributed by atoms with Crippen molar-refractivity contribution < 1.29 is 9.90 Å². The number of aryl methyl sites for hydroxylation is 2. The topological polar surface area (TPSA) is 53.4 Å². The second-order valence-corrected chi connectivity index (χ2v) is 4.97. The molecule has 0 spiro atoms. The fourth-order valence-electron chi connectivity index (χ4n) is 2.35. The smallest absolute Gasteiger partial charge is 0.339 e. The largest absolute Gasteiger partial charge is 0.478 e. The number of anilines is 1. The van der Waals surface area contributed by atoms with E-state index in [2.05, 4.69) is 4.98 Å². The fourth-order valence-corrected chi connectivity index (χ4v) is 2.35. The van der Waals surface area contributed by atoms with Crippen molar-refractivity contribution >= 4 is 22.7 Å². The van der Waals surface area contributed by atoms with Crippen LogP contribution < -0.4 is 4.90 Å². The van der Waals surface area contributed by atoms with Gasteiger partial charge in [0.05, 0.1) is 5.52 Å². The van der Waals surface area contributed by atoms with Crippen LogP contribution in [0.2, 0.25) is 0 Å². The third-order valence-corrected chi connectivity index (χ3v) is 3.70. The number of benzene rings is 1. The summed E-state index contributed by atoms with van der Waals surface area (Å²) in [7, 11) is 0. The van der Waals surface area contributed by atoms with Crippen molar-refractivity contribution in [2.45, 2.75) is 27.7 Å². The first-order valence-electron chi connectivity index (χ1n) is 6.88. The van der Waals surface area contributed by atoms with Crippen molar-refractivity contribution in [2.24, 2.45) is 0 Å². The summed E-state index contributed by atoms with van der Waals surface area (Å²) in [6.07, 6.45) is 0. The van der Waals surface area contributed by atoms with E-state index in [1.807, 2.05) is 44.7 Å². The molecule has 2 rings (SSSR count). The molecule has 1 heterocycles. The minimum absolute atomic E-state index is 0.268. The van der Waals surface area contributed by atoms with Crippen LogP contribution in [0.25, 0.3) is 10.9 Å². The van der Waals surface area contributed by atoms with Crippen molar-refractivity contribution in [3.05, 3.63) is 34.9 Å². The predicted octanol–water partition coefficient (Wildman–Crippen LogP) is 3.40. The van der Waals surface area contributed by atoms with Crippen LogP contribution in [-0.4, -0.2) is 29.1 Å². The minimum Gasteiger partial charge on any atom is -0.478 e. The minimum atomic E-state index is -0.931. The number of fused-ring (bicyclic) bond motifs is 1. The number of hydrogen-bond acceptors (Lipinski definition) is 3. The number of aromatic carboxylic acids is 1. The van der Waals surface area contributed by atoms with Crippen LogP contribution in [0.1, 0.15) is 35.3 Å². The van der Waals surface area contributed by atoms with E-state index in [0.29, 0.717) is 5.82 Å². The van der Waals surface area contributed by atoms with Crippen molar-refractivity contribution in [3.63, 3.8) is 0 Å². The molecule has 0 fully saturated rings. The van der Waals surface area contributed by atoms with Crippen molar-refractivity contribution in [2.75, 3.05) is 18.0 Å². The molecule has 1 aromatic carbocycles. The summed E-state index contributed by atoms with van der Waals surface area (Å²) in [6, 6.07) is 5.74. The Hall–Kier alpha value is -2.10. The Morgan fingerprint density at radius 2 is 1.75 bits per heavy atom. The second-order valence-electron chi connectivity index (χ2n) is 4.97. The SMILES string of the molecule is CCN(CC)c1nc2cc(C)c(C)cc2cc1C(=O)O. The van der Waals surface area contributed by atoms with Crippen LogP contribution in [0.5, 0.6) is 0 Å². The zero-order chi connectivity index (χ0) is 14.9. The van der Waals surface area contributed by atoms with Crippen molar-refractivity contribution in [3.8, 4) is 0 Å². The summed E-state index contributed by atoms with van der Waals surface area (Å²) in [5.74, 6) is -0.377. The Bertz CT molecular complexity index is 661. The van der Waals surface area contributed by atoms with Gasteiger partial charge in [0, 0.05) is 18.5 Å². The molecular formula is C16H20N2O2. The predicted molar refractivity (Wildman–Crippen MR) is 81.7 cm³/mol. The average Bonchev–Trinajstić information content (AvgIpc) is 2.41. The van der Waals surface area contributed by atoms with Gasteiger partial charge in [-0.25, -0.2) is 9.78 Å². The van der Waals surface area contributed by atoms with Gasteiger partial charge in [-0.2, -0.15) is 0 Å². The van der Waals surface area contributed by atoms with Gasteiger partial charge >= 0.3 is 5.97 Å². The quantitative estimate of drug-likeness (QED) is 0.926. The maximum Gasteiger partial charge on any atom is 0.339 e. The van der Waals surface area contributed by atoms with E-state index in [9.17, 15) is 9.90 Å². The Morgan fingerprint density at radius 1 is 1.15 bits per heavy atom. The van der Waals surface area contributed by atoms with Crippen LogP contribution >= 0.6 is 0 Å². The molecule has 0 saturated heterocycles. The van der Waals surface area contributed by atoms with Gasteiger partial charge in [-0.15, -0.1) is 0 Å². The van der Waals surface area contributed by atoms with E-state index in [1.54, 1.807) is 6.07 Å². The molecule has 106 valence electrons. The molecule has 2 aromatic rings. The van der Waals surface area contributed by atoms with Gasteiger partial charge in [-0.3, -0.25) is 0 Å². The van der Waals surface area contributed by atoms with Crippen molar-refractivity contribution in [1.29, 1.82) is 0 Å². The number of rotatable bonds is 4. The summed E-state index contributed by atoms with van der Waals surface area (Å²) in [5, 5.41) is 10.3. The summed E-state index contributed by atoms with van der Waals surface area (Å²) >= 11 is 0. The van der Waals surface area contributed by atoms with E-state index < -0.39 is 5.97 Å². The van der Waals surface area contributed by atoms with Gasteiger partial charge in [0.25, 0.3) is 0 Å². The summed E-state index contributed by atoms with van der Waals surface area (Å²) < 4.78 is 0. The number of pyridine rings is 1. The van der Waals surface area contributed by atoms with Crippen LogP contribution in [-0.2, 0) is 0 Å². The summed E-state index contributed by atoms with van der Waals surface area (Å²) in [5.41, 5.74) is 3.43. The normalized spacial score (nSPS) is 10.8. The van der Waals surface area contributed by atoms with E-state index in [-0.39, 0.29) is 5.56 Å². The lowest BCUT2D eigenvalue weighted by Crippen LogP contribution is -2.25. The highest BCUT2D eigenvalue weighted by molar-refractivity contribution is 5.98. The first-order chi connectivity index (χ1) is 9.47. The van der Waals surface area contributed by atoms with Gasteiger partial charge < -0.3 is 10.0 Å². The third kappa shape index (κ3) is 2.46. The molecule has 20 heavy (non-hydrogen) atoms. The molecule has 1 aromatic heterocycles. The summed E-state index contributed by atoms with van der Waals surface area (Å²) in [4.78, 5) is 18.0. The monoisotopic (exact) mass is 272 g/mol. The lowest BCUT2D eigenvalue weighted by Gasteiger charge is -2.22. The first-order valence-corrected chi connectivity index (χ1v) is 6.88. The molecule has 1 N–H and O–H groups in total. The molecule has 0 saturated carbocycles. The molecule has 0 unspecified atom stereocenters. The zero-order valence-electron chi connectivity index (χ0n) is 12.4. The molecule has 0 aliphatic rings. The molecular weight excluding hydrogens is 252 g/mol. The van der Waals surface area contributed by atoms with E-state index in [4.69, 9.17) is 0 Å². The first kappa shape index (κ1) is 14.3. The Labute approximate surface area is 119 Å². The highest BCUT2D eigenvalue weighted by atomic mass is 16.4. The van der Waals surface area contributed by atoms with E-state index in [1.165, 1.54) is 5.56 Å². The molecule has 0 aliphatic heterocycles. The van der Waals surface area contributed by atoms with Gasteiger partial charge in [0.1, 0.15) is 11.4 Å². The molecule has 0 bridgehead atoms. The molecule has 0 aliphatic carbocycles. The molecule has 0 amide bonds. The standard InChI is InChI=1S/C16H20N2O2/c1-5-18(6-2)15-13(16(19)20)9-12-7-10(3)11(4)8-14(12)17-15/h7-9H,5-6H2,1-4H3,(H,19,20). The zero-order valence-corrected chi connectivity index (χ0v) is 12.4. The van der Waals surface area contributed by atoms with Gasteiger partial charge in [0.15, 0.2) is 0 Å². The lowest BCUT2D eigenvalue weighted by atomic mass is 10.0. The van der Waals surface area contributed by atoms with Crippen molar-refractivity contribution in [1.82, 2.24) is 4.98 Å². The third-order valence-electron chi connectivity index (χ3n) is 3.70. The number of aromatic nitrogens is 1. The molecule has 4 nitrogen and oxygen atoms in total. The number of carboxylic acids is 1. The van der Waals surface area contributed by atoms with E-state index >= 15 is 0 Å². The molecule has 0 atom stereocenters. The highest BCUT2D eigenvalue weighted by Gasteiger charge is 2.17. The second kappa shape index (κ2) is 5.49. The fraction of sp³-hybridized carbons (Fsp3) is 0.375. The maximum atomic E-state index is 11.5. The number of carboxylic acid groups (broad SMARTS) is 1. The molecule has 4 heteroatoms. The van der Waals surface area contributed by atoms with Crippen LogP contribution in [0.3, 0.4) is 0 Å². The Morgan fingerprint density at radius 3 is 2.30 bits per heavy atom. The average molecular weight is 272 g/mol. The number of nitrogens with zero attached hydrogens (tertiary/aromatic N) is 2. The van der Waals surface area contributed by atoms with Gasteiger partial charge in [0.2, 0.25) is 0 Å². The van der Waals surface area contributed by atoms with Crippen LogP contribution in [0.4, 0.5) is 5.82 Å². The van der Waals surface area contributed by atoms with Gasteiger partial charge in [-0.1, -0.05) is 0 Å². The summed E-state index contributed by atoms with van der Waals surface area (Å²) in [6.45, 7) is 9.54. The number of carbonyl (C=O) groups is 1. The lowest BCUT2D eigenvalue weighted by molar-refractivity contribution is 0.0697. The van der Waals surface area contributed by atoms with E-state index in [0.717, 1.165) is 29.6 Å². The highest BCUT2D eigenvalue weighted by Crippen LogP contribution is 2.25. The Kier molecular flexibility index (Phi) is 3.93. The van der Waals surface area contributed by atoms with Crippen LogP contribution in [0.15, 0.2) is 18.2 Å². The van der Waals surface area contributed by atoms with Gasteiger partial charge in [-0.05, 0) is 57.0 Å².